The van der Waals surface area contributed by atoms with Gasteiger partial charge in [0, 0.05) is 34.3 Å². The highest BCUT2D eigenvalue weighted by atomic mass is 79.9. The highest BCUT2D eigenvalue weighted by molar-refractivity contribution is 9.10. The van der Waals surface area contributed by atoms with Gasteiger partial charge in [-0.2, -0.15) is 0 Å². The Morgan fingerprint density at radius 2 is 1.93 bits per heavy atom. The highest BCUT2D eigenvalue weighted by Crippen LogP contribution is 2.30. The first-order valence-corrected chi connectivity index (χ1v) is 9.91. The van der Waals surface area contributed by atoms with Crippen molar-refractivity contribution < 1.29 is 4.79 Å². The van der Waals surface area contributed by atoms with Gasteiger partial charge in [0.05, 0.1) is 11.4 Å². The molecule has 2 N–H and O–H groups in total. The number of hydrogen-bond acceptors (Lipinski definition) is 5. The zero-order chi connectivity index (χ0) is 19.0. The first-order valence-electron chi connectivity index (χ1n) is 8.24. The monoisotopic (exact) mass is 441 g/mol. The van der Waals surface area contributed by atoms with Crippen LogP contribution in [0.2, 0.25) is 0 Å². The molecule has 0 saturated heterocycles. The number of imidazole rings is 1. The minimum absolute atomic E-state index is 0.104. The summed E-state index contributed by atoms with van der Waals surface area (Å²) >= 11 is 5.04. The van der Waals surface area contributed by atoms with Crippen LogP contribution in [0.4, 0.5) is 10.8 Å². The number of carbonyl (C=O) groups excluding carboxylic acids is 1. The predicted octanol–water partition coefficient (Wildman–Crippen LogP) is 4.63. The number of aryl methyl sites for hydroxylation is 1. The van der Waals surface area contributed by atoms with Crippen molar-refractivity contribution in [3.8, 4) is 11.4 Å². The van der Waals surface area contributed by atoms with E-state index in [2.05, 4.69) is 31.5 Å². The maximum Gasteiger partial charge on any atom is 0.251 e. The lowest BCUT2D eigenvalue weighted by atomic mass is 10.2. The Labute approximate surface area is 168 Å². The number of aromatic nitrogens is 3. The van der Waals surface area contributed by atoms with Gasteiger partial charge >= 0.3 is 0 Å². The Balaban J connectivity index is 1.62. The van der Waals surface area contributed by atoms with Gasteiger partial charge in [0.25, 0.3) is 5.91 Å². The van der Waals surface area contributed by atoms with E-state index in [1.807, 2.05) is 47.2 Å². The van der Waals surface area contributed by atoms with Gasteiger partial charge in [-0.1, -0.05) is 0 Å². The van der Waals surface area contributed by atoms with E-state index < -0.39 is 0 Å². The number of nitrogens with zero attached hydrogens (tertiary/aromatic N) is 3. The molecule has 136 valence electrons. The van der Waals surface area contributed by atoms with E-state index in [0.717, 1.165) is 38.0 Å². The molecule has 0 aliphatic heterocycles. The number of nitrogens with one attached hydrogen (secondary N) is 2. The summed E-state index contributed by atoms with van der Waals surface area (Å²) in [6.45, 7) is 1.99. The Kier molecular flexibility index (Phi) is 4.67. The second-order valence-corrected chi connectivity index (χ2v) is 7.71. The molecule has 4 rings (SSSR count). The summed E-state index contributed by atoms with van der Waals surface area (Å²) in [7, 11) is 1.62. The van der Waals surface area contributed by atoms with Crippen LogP contribution < -0.4 is 10.6 Å². The number of carbonyl (C=O) groups is 1. The molecule has 4 aromatic rings. The molecule has 0 fully saturated rings. The van der Waals surface area contributed by atoms with Gasteiger partial charge in [0.1, 0.15) is 11.3 Å². The Morgan fingerprint density at radius 3 is 2.67 bits per heavy atom. The van der Waals surface area contributed by atoms with E-state index in [-0.39, 0.29) is 5.91 Å². The van der Waals surface area contributed by atoms with E-state index >= 15 is 0 Å². The van der Waals surface area contributed by atoms with Crippen molar-refractivity contribution >= 4 is 49.6 Å². The zero-order valence-electron chi connectivity index (χ0n) is 14.7. The largest absolute Gasteiger partial charge is 0.355 e. The lowest BCUT2D eigenvalue weighted by Crippen LogP contribution is -2.17. The van der Waals surface area contributed by atoms with Crippen LogP contribution in [0.15, 0.2) is 52.4 Å². The van der Waals surface area contributed by atoms with Crippen molar-refractivity contribution in [3.63, 3.8) is 0 Å². The van der Waals surface area contributed by atoms with Crippen molar-refractivity contribution in [1.82, 2.24) is 19.7 Å². The van der Waals surface area contributed by atoms with Gasteiger partial charge in [-0.05, 0) is 59.3 Å². The molecule has 8 heteroatoms. The first kappa shape index (κ1) is 17.7. The molecule has 1 amide bonds. The molecule has 27 heavy (non-hydrogen) atoms. The zero-order valence-corrected chi connectivity index (χ0v) is 17.1. The van der Waals surface area contributed by atoms with Gasteiger partial charge in [-0.3, -0.25) is 9.20 Å². The fourth-order valence-corrected chi connectivity index (χ4v) is 3.91. The molecule has 0 aliphatic rings. The lowest BCUT2D eigenvalue weighted by Gasteiger charge is -2.04. The second-order valence-electron chi connectivity index (χ2n) is 5.94. The number of benzene rings is 1. The number of anilines is 2. The van der Waals surface area contributed by atoms with Crippen LogP contribution in [0.3, 0.4) is 0 Å². The maximum absolute atomic E-state index is 11.6. The molecule has 0 saturated carbocycles. The molecule has 0 bridgehead atoms. The summed E-state index contributed by atoms with van der Waals surface area (Å²) < 4.78 is 3.02. The van der Waals surface area contributed by atoms with Crippen molar-refractivity contribution in [2.24, 2.45) is 0 Å². The minimum atomic E-state index is -0.104. The van der Waals surface area contributed by atoms with Gasteiger partial charge in [-0.15, -0.1) is 11.3 Å². The second kappa shape index (κ2) is 7.13. The van der Waals surface area contributed by atoms with E-state index in [4.69, 9.17) is 4.98 Å². The number of pyridine rings is 1. The minimum Gasteiger partial charge on any atom is -0.355 e. The number of fused-ring (bicyclic) bond motifs is 1. The summed E-state index contributed by atoms with van der Waals surface area (Å²) in [4.78, 5) is 20.9. The normalized spacial score (nSPS) is 10.9. The average molecular weight is 442 g/mol. The quantitative estimate of drug-likeness (QED) is 0.484. The van der Waals surface area contributed by atoms with Crippen molar-refractivity contribution in [3.05, 3.63) is 63.7 Å². The SMILES string of the molecule is CNC(=O)c1ccc(Nc2nc(-c3c(C)nc4ccc(Br)cn34)cs2)cc1. The third kappa shape index (κ3) is 3.45. The molecular weight excluding hydrogens is 426 g/mol. The molecule has 3 heterocycles. The molecule has 6 nitrogen and oxygen atoms in total. The molecule has 0 spiro atoms. The lowest BCUT2D eigenvalue weighted by molar-refractivity contribution is 0.0963. The molecule has 3 aromatic heterocycles. The Bertz CT molecular complexity index is 1130. The number of thiazole rings is 1. The third-order valence-corrected chi connectivity index (χ3v) is 5.36. The summed E-state index contributed by atoms with van der Waals surface area (Å²) in [5.74, 6) is -0.104. The van der Waals surface area contributed by atoms with Crippen LogP contribution >= 0.6 is 27.3 Å². The molecule has 1 aromatic carbocycles. The van der Waals surface area contributed by atoms with Crippen LogP contribution in [0.5, 0.6) is 0 Å². The van der Waals surface area contributed by atoms with E-state index in [1.54, 1.807) is 19.2 Å². The molecule has 0 aliphatic carbocycles. The van der Waals surface area contributed by atoms with Crippen molar-refractivity contribution in [1.29, 1.82) is 0 Å². The summed E-state index contributed by atoms with van der Waals surface area (Å²) in [6.07, 6.45) is 1.99. The van der Waals surface area contributed by atoms with E-state index in [9.17, 15) is 4.79 Å². The standard InChI is InChI=1S/C19H16BrN5OS/c1-11-17(25-9-13(20)5-8-16(25)22-11)15-10-27-19(24-15)23-14-6-3-12(4-7-14)18(26)21-2/h3-10H,1-2H3,(H,21,26)(H,23,24). The number of rotatable bonds is 4. The van der Waals surface area contributed by atoms with Gasteiger partial charge in [-0.25, -0.2) is 9.97 Å². The highest BCUT2D eigenvalue weighted by Gasteiger charge is 2.14. The topological polar surface area (TPSA) is 71.3 Å². The van der Waals surface area contributed by atoms with Crippen LogP contribution in [-0.4, -0.2) is 27.3 Å². The predicted molar refractivity (Wildman–Crippen MR) is 112 cm³/mol. The summed E-state index contributed by atoms with van der Waals surface area (Å²) in [5.41, 5.74) is 5.16. The van der Waals surface area contributed by atoms with Gasteiger partial charge in [0.2, 0.25) is 0 Å². The molecule has 0 atom stereocenters. The summed E-state index contributed by atoms with van der Waals surface area (Å²) in [5, 5.41) is 8.69. The first-order chi connectivity index (χ1) is 13.0. The summed E-state index contributed by atoms with van der Waals surface area (Å²) in [6, 6.07) is 11.2. The van der Waals surface area contributed by atoms with Gasteiger partial charge < -0.3 is 10.6 Å². The third-order valence-electron chi connectivity index (χ3n) is 4.13. The van der Waals surface area contributed by atoms with Gasteiger partial charge in [0.15, 0.2) is 5.13 Å². The van der Waals surface area contributed by atoms with E-state index in [1.165, 1.54) is 11.3 Å². The van der Waals surface area contributed by atoms with Crippen molar-refractivity contribution in [2.75, 3.05) is 12.4 Å². The maximum atomic E-state index is 11.6. The van der Waals surface area contributed by atoms with E-state index in [0.29, 0.717) is 5.56 Å². The number of hydrogen-bond donors (Lipinski definition) is 2. The Morgan fingerprint density at radius 1 is 1.15 bits per heavy atom. The average Bonchev–Trinajstić information content (AvgIpc) is 3.24. The molecular formula is C19H16BrN5OS. The van der Waals surface area contributed by atoms with Crippen LogP contribution in [-0.2, 0) is 0 Å². The fourth-order valence-electron chi connectivity index (χ4n) is 2.86. The van der Waals surface area contributed by atoms with Crippen LogP contribution in [0, 0.1) is 6.92 Å². The van der Waals surface area contributed by atoms with Crippen LogP contribution in [0.1, 0.15) is 16.1 Å². The number of amides is 1. The molecule has 0 radical (unpaired) electrons. The smallest absolute Gasteiger partial charge is 0.251 e. The van der Waals surface area contributed by atoms with Crippen LogP contribution in [0.25, 0.3) is 17.0 Å². The number of halogens is 1. The fraction of sp³-hybridized carbons (Fsp3) is 0.105. The molecule has 0 unspecified atom stereocenters. The van der Waals surface area contributed by atoms with Crippen molar-refractivity contribution in [2.45, 2.75) is 6.92 Å². The Hall–Kier alpha value is -2.71.